The largest absolute Gasteiger partial charge is 0.353 e. The lowest BCUT2D eigenvalue weighted by Crippen LogP contribution is -2.50. The number of nitrogens with zero attached hydrogens (tertiary/aromatic N) is 4. The number of aryl methyl sites for hydroxylation is 3. The number of aromatic nitrogens is 2. The molecule has 1 aromatic heterocycles. The van der Waals surface area contributed by atoms with E-state index in [4.69, 9.17) is 4.98 Å². The number of carbonyl (C=O) groups excluding carboxylic acids is 1. The molecular weight excluding hydrogens is 338 g/mol. The molecule has 27 heavy (non-hydrogen) atoms. The van der Waals surface area contributed by atoms with Crippen molar-refractivity contribution in [2.45, 2.75) is 40.5 Å². The fraction of sp³-hybridized carbons (Fsp3) is 0.476. The van der Waals surface area contributed by atoms with Gasteiger partial charge in [0.25, 0.3) is 0 Å². The minimum absolute atomic E-state index is 0.0388. The number of benzene rings is 1. The third-order valence-electron chi connectivity index (χ3n) is 5.06. The van der Waals surface area contributed by atoms with Crippen LogP contribution < -0.4 is 10.2 Å². The molecule has 1 N–H and O–H groups in total. The summed E-state index contributed by atoms with van der Waals surface area (Å²) in [6, 6.07) is 7.81. The van der Waals surface area contributed by atoms with Crippen LogP contribution in [-0.4, -0.2) is 47.1 Å². The minimum Gasteiger partial charge on any atom is -0.353 e. The van der Waals surface area contributed by atoms with Crippen LogP contribution in [0.5, 0.6) is 0 Å². The van der Waals surface area contributed by atoms with Gasteiger partial charge in [0.05, 0.1) is 0 Å². The molecule has 0 aliphatic carbocycles. The van der Waals surface area contributed by atoms with E-state index in [0.29, 0.717) is 19.0 Å². The van der Waals surface area contributed by atoms with Gasteiger partial charge in [0.1, 0.15) is 11.6 Å². The topological polar surface area (TPSA) is 61.4 Å². The third-order valence-corrected chi connectivity index (χ3v) is 5.06. The van der Waals surface area contributed by atoms with Crippen LogP contribution in [0.3, 0.4) is 0 Å². The highest BCUT2D eigenvalue weighted by Crippen LogP contribution is 2.29. The van der Waals surface area contributed by atoms with Crippen molar-refractivity contribution in [1.29, 1.82) is 0 Å². The van der Waals surface area contributed by atoms with Gasteiger partial charge >= 0.3 is 6.03 Å². The Labute approximate surface area is 161 Å². The van der Waals surface area contributed by atoms with E-state index in [9.17, 15) is 4.79 Å². The molecule has 2 aromatic rings. The maximum Gasteiger partial charge on any atom is 0.321 e. The number of amides is 2. The first-order valence-corrected chi connectivity index (χ1v) is 9.58. The van der Waals surface area contributed by atoms with Gasteiger partial charge in [-0.3, -0.25) is 0 Å². The number of hydrogen-bond donors (Lipinski definition) is 1. The van der Waals surface area contributed by atoms with Gasteiger partial charge in [-0.1, -0.05) is 32.0 Å². The van der Waals surface area contributed by atoms with Gasteiger partial charge in [-0.15, -0.1) is 0 Å². The highest BCUT2D eigenvalue weighted by molar-refractivity contribution is 5.90. The van der Waals surface area contributed by atoms with Gasteiger partial charge in [0, 0.05) is 43.1 Å². The molecule has 144 valence electrons. The van der Waals surface area contributed by atoms with Crippen LogP contribution in [0.2, 0.25) is 0 Å². The van der Waals surface area contributed by atoms with Crippen LogP contribution in [0.25, 0.3) is 0 Å². The molecule has 1 saturated heterocycles. The van der Waals surface area contributed by atoms with Crippen LogP contribution in [0, 0.1) is 20.8 Å². The Morgan fingerprint density at radius 3 is 2.33 bits per heavy atom. The predicted octanol–water partition coefficient (Wildman–Crippen LogP) is 3.88. The second-order valence-corrected chi connectivity index (χ2v) is 7.47. The maximum absolute atomic E-state index is 12.6. The zero-order valence-corrected chi connectivity index (χ0v) is 16.9. The zero-order valence-electron chi connectivity index (χ0n) is 16.9. The average Bonchev–Trinajstić information content (AvgIpc) is 2.62. The number of urea groups is 1. The summed E-state index contributed by atoms with van der Waals surface area (Å²) in [5.41, 5.74) is 4.19. The summed E-state index contributed by atoms with van der Waals surface area (Å²) in [4.78, 5) is 26.0. The fourth-order valence-corrected chi connectivity index (χ4v) is 3.65. The highest BCUT2D eigenvalue weighted by atomic mass is 16.2. The Morgan fingerprint density at radius 2 is 1.70 bits per heavy atom. The van der Waals surface area contributed by atoms with Gasteiger partial charge in [0.15, 0.2) is 0 Å². The lowest BCUT2D eigenvalue weighted by Gasteiger charge is -2.37. The summed E-state index contributed by atoms with van der Waals surface area (Å²) in [6.45, 7) is 13.3. The van der Waals surface area contributed by atoms with E-state index in [1.54, 1.807) is 0 Å². The monoisotopic (exact) mass is 367 g/mol. The van der Waals surface area contributed by atoms with E-state index in [2.05, 4.69) is 36.0 Å². The minimum atomic E-state index is -0.0388. The number of anilines is 2. The standard InChI is InChI=1S/C21H29N5O/c1-14(2)19-16(4)22-17(5)23-20(19)25-10-12-26(13-11-25)21(27)24-18-9-7-6-8-15(18)3/h6-9,14H,10-13H2,1-5H3,(H,24,27). The number of carbonyl (C=O) groups is 1. The molecule has 2 amide bonds. The van der Waals surface area contributed by atoms with E-state index >= 15 is 0 Å². The number of rotatable bonds is 3. The molecule has 3 rings (SSSR count). The van der Waals surface area contributed by atoms with Crippen molar-refractivity contribution >= 4 is 17.5 Å². The van der Waals surface area contributed by atoms with E-state index in [1.807, 2.05) is 43.0 Å². The van der Waals surface area contributed by atoms with Crippen molar-refractivity contribution in [2.24, 2.45) is 0 Å². The number of nitrogens with one attached hydrogen (secondary N) is 1. The van der Waals surface area contributed by atoms with Crippen molar-refractivity contribution in [1.82, 2.24) is 14.9 Å². The van der Waals surface area contributed by atoms with Crippen LogP contribution in [0.4, 0.5) is 16.3 Å². The lowest BCUT2D eigenvalue weighted by atomic mass is 10.0. The first-order valence-electron chi connectivity index (χ1n) is 9.58. The molecule has 6 nitrogen and oxygen atoms in total. The van der Waals surface area contributed by atoms with Crippen molar-refractivity contribution in [3.8, 4) is 0 Å². The predicted molar refractivity (Wildman–Crippen MR) is 110 cm³/mol. The van der Waals surface area contributed by atoms with E-state index < -0.39 is 0 Å². The smallest absolute Gasteiger partial charge is 0.321 e. The summed E-state index contributed by atoms with van der Waals surface area (Å²) >= 11 is 0. The molecule has 0 atom stereocenters. The molecule has 2 heterocycles. The molecule has 0 bridgehead atoms. The average molecular weight is 367 g/mol. The first-order chi connectivity index (χ1) is 12.9. The highest BCUT2D eigenvalue weighted by Gasteiger charge is 2.25. The molecule has 0 unspecified atom stereocenters. The summed E-state index contributed by atoms with van der Waals surface area (Å²) in [5.74, 6) is 2.18. The molecule has 6 heteroatoms. The number of hydrogen-bond acceptors (Lipinski definition) is 4. The van der Waals surface area contributed by atoms with Crippen LogP contribution in [0.1, 0.15) is 42.4 Å². The summed E-state index contributed by atoms with van der Waals surface area (Å²) in [6.07, 6.45) is 0. The van der Waals surface area contributed by atoms with Crippen molar-refractivity contribution in [2.75, 3.05) is 36.4 Å². The molecular formula is C21H29N5O. The Bertz CT molecular complexity index is 825. The molecule has 1 aliphatic heterocycles. The lowest BCUT2D eigenvalue weighted by molar-refractivity contribution is 0.208. The second kappa shape index (κ2) is 7.94. The van der Waals surface area contributed by atoms with Crippen molar-refractivity contribution in [3.63, 3.8) is 0 Å². The zero-order chi connectivity index (χ0) is 19.6. The molecule has 1 fully saturated rings. The van der Waals surface area contributed by atoms with Gasteiger partial charge in [-0.05, 0) is 38.3 Å². The molecule has 0 saturated carbocycles. The van der Waals surface area contributed by atoms with Gasteiger partial charge in [-0.2, -0.15) is 0 Å². The van der Waals surface area contributed by atoms with Crippen LogP contribution >= 0.6 is 0 Å². The second-order valence-electron chi connectivity index (χ2n) is 7.47. The quantitative estimate of drug-likeness (QED) is 0.894. The summed E-state index contributed by atoms with van der Waals surface area (Å²) < 4.78 is 0. The van der Waals surface area contributed by atoms with E-state index in [0.717, 1.165) is 41.7 Å². The molecule has 1 aliphatic rings. The summed E-state index contributed by atoms with van der Waals surface area (Å²) in [5, 5.41) is 3.03. The molecule has 0 radical (unpaired) electrons. The van der Waals surface area contributed by atoms with E-state index in [-0.39, 0.29) is 6.03 Å². The third kappa shape index (κ3) is 4.21. The summed E-state index contributed by atoms with van der Waals surface area (Å²) in [7, 11) is 0. The Kier molecular flexibility index (Phi) is 5.63. The first kappa shape index (κ1) is 19.1. The SMILES string of the molecule is Cc1nc(C)c(C(C)C)c(N2CCN(C(=O)Nc3ccccc3C)CC2)n1. The van der Waals surface area contributed by atoms with Gasteiger partial charge in [0.2, 0.25) is 0 Å². The maximum atomic E-state index is 12.6. The number of piperazine rings is 1. The Morgan fingerprint density at radius 1 is 1.04 bits per heavy atom. The van der Waals surface area contributed by atoms with E-state index in [1.165, 1.54) is 5.56 Å². The Hall–Kier alpha value is -2.63. The number of para-hydroxylation sites is 1. The van der Waals surface area contributed by atoms with Crippen molar-refractivity contribution in [3.05, 3.63) is 46.9 Å². The van der Waals surface area contributed by atoms with Crippen molar-refractivity contribution < 1.29 is 4.79 Å². The molecule has 1 aromatic carbocycles. The Balaban J connectivity index is 1.69. The molecule has 0 spiro atoms. The normalized spacial score (nSPS) is 14.6. The van der Waals surface area contributed by atoms with Crippen LogP contribution in [-0.2, 0) is 0 Å². The van der Waals surface area contributed by atoms with Gasteiger partial charge < -0.3 is 15.1 Å². The van der Waals surface area contributed by atoms with Crippen LogP contribution in [0.15, 0.2) is 24.3 Å². The fourth-order valence-electron chi connectivity index (χ4n) is 3.65. The van der Waals surface area contributed by atoms with Gasteiger partial charge in [-0.25, -0.2) is 14.8 Å².